The highest BCUT2D eigenvalue weighted by atomic mass is 79.9. The average Bonchev–Trinajstić information content (AvgIpc) is 3.07. The summed E-state index contributed by atoms with van der Waals surface area (Å²) in [7, 11) is 0. The number of nitrogens with zero attached hydrogens (tertiary/aromatic N) is 2. The average molecular weight is 491 g/mol. The molecule has 0 spiro atoms. The molecule has 3 rings (SSSR count). The number of thioether (sulfide) groups is 1. The lowest BCUT2D eigenvalue weighted by Crippen LogP contribution is -2.35. The van der Waals surface area contributed by atoms with Gasteiger partial charge in [-0.05, 0) is 87.8 Å². The molecular weight excluding hydrogens is 468 g/mol. The molecule has 1 aliphatic rings. The summed E-state index contributed by atoms with van der Waals surface area (Å²) in [5.41, 5.74) is 4.97. The number of imide groups is 1. The van der Waals surface area contributed by atoms with Crippen LogP contribution in [0, 0.1) is 20.8 Å². The van der Waals surface area contributed by atoms with E-state index in [1.165, 1.54) is 0 Å². The van der Waals surface area contributed by atoms with Gasteiger partial charge in [-0.25, -0.2) is 0 Å². The quantitative estimate of drug-likeness (QED) is 0.427. The molecule has 6 nitrogen and oxygen atoms in total. The molecule has 1 aliphatic heterocycles. The van der Waals surface area contributed by atoms with E-state index < -0.39 is 17.1 Å². The summed E-state index contributed by atoms with van der Waals surface area (Å²) in [4.78, 5) is 38.1. The fourth-order valence-electron chi connectivity index (χ4n) is 3.31. The van der Waals surface area contributed by atoms with Gasteiger partial charge in [-0.1, -0.05) is 15.9 Å². The molecule has 158 valence electrons. The number of benzene rings is 1. The molecule has 0 N–H and O–H groups in total. The number of ether oxygens (including phenoxy) is 1. The minimum atomic E-state index is -0.600. The fourth-order valence-corrected chi connectivity index (χ4v) is 4.38. The highest BCUT2D eigenvalue weighted by Gasteiger charge is 2.37. The van der Waals surface area contributed by atoms with Crippen LogP contribution in [0.5, 0.6) is 0 Å². The first kappa shape index (κ1) is 22.4. The normalized spacial score (nSPS) is 15.6. The highest BCUT2D eigenvalue weighted by Crippen LogP contribution is 2.34. The maximum Gasteiger partial charge on any atom is 0.326 e. The van der Waals surface area contributed by atoms with Gasteiger partial charge in [0.05, 0.1) is 11.0 Å². The number of carbonyl (C=O) groups excluding carboxylic acids is 3. The lowest BCUT2D eigenvalue weighted by Gasteiger charge is -2.13. The maximum absolute atomic E-state index is 12.7. The van der Waals surface area contributed by atoms with E-state index in [4.69, 9.17) is 4.74 Å². The number of esters is 1. The Hall–Kier alpha value is -2.32. The van der Waals surface area contributed by atoms with Crippen LogP contribution in [0.1, 0.15) is 36.4 Å². The van der Waals surface area contributed by atoms with E-state index in [-0.39, 0.29) is 12.6 Å². The van der Waals surface area contributed by atoms with Crippen LogP contribution in [0.2, 0.25) is 0 Å². The van der Waals surface area contributed by atoms with Crippen molar-refractivity contribution in [3.8, 4) is 5.69 Å². The van der Waals surface area contributed by atoms with Crippen molar-refractivity contribution < 1.29 is 19.1 Å². The molecule has 1 aromatic heterocycles. The SMILES string of the molecule is Cc1cc(-n2c(C)cc(/C=C3\SC(=O)N(CC(=O)OC(C)C)C3=O)c2C)ccc1Br. The molecule has 0 saturated carbocycles. The number of hydrogen-bond acceptors (Lipinski definition) is 5. The van der Waals surface area contributed by atoms with E-state index in [0.717, 1.165) is 49.3 Å². The molecule has 1 aromatic carbocycles. The minimum Gasteiger partial charge on any atom is -0.462 e. The summed E-state index contributed by atoms with van der Waals surface area (Å²) in [5.74, 6) is -1.08. The first-order valence-electron chi connectivity index (χ1n) is 9.48. The molecular formula is C22H23BrN2O4S. The zero-order valence-corrected chi connectivity index (χ0v) is 19.9. The van der Waals surface area contributed by atoms with Crippen molar-refractivity contribution in [2.75, 3.05) is 6.54 Å². The van der Waals surface area contributed by atoms with E-state index >= 15 is 0 Å². The van der Waals surface area contributed by atoms with Crippen LogP contribution in [0.3, 0.4) is 0 Å². The molecule has 0 unspecified atom stereocenters. The monoisotopic (exact) mass is 490 g/mol. The topological polar surface area (TPSA) is 68.6 Å². The zero-order chi connectivity index (χ0) is 22.2. The summed E-state index contributed by atoms with van der Waals surface area (Å²) >= 11 is 4.36. The number of rotatable bonds is 5. The molecule has 2 amide bonds. The van der Waals surface area contributed by atoms with Crippen LogP contribution >= 0.6 is 27.7 Å². The van der Waals surface area contributed by atoms with Crippen LogP contribution in [-0.2, 0) is 14.3 Å². The second kappa shape index (κ2) is 8.81. The van der Waals surface area contributed by atoms with Crippen molar-refractivity contribution in [2.24, 2.45) is 0 Å². The molecule has 30 heavy (non-hydrogen) atoms. The molecule has 1 fully saturated rings. The molecule has 2 aromatic rings. The lowest BCUT2D eigenvalue weighted by molar-refractivity contribution is -0.149. The van der Waals surface area contributed by atoms with Gasteiger partial charge in [0.15, 0.2) is 0 Å². The third kappa shape index (κ3) is 4.54. The Morgan fingerprint density at radius 2 is 1.90 bits per heavy atom. The Kier molecular flexibility index (Phi) is 6.57. The van der Waals surface area contributed by atoms with E-state index in [1.807, 2.05) is 39.0 Å². The lowest BCUT2D eigenvalue weighted by atomic mass is 10.2. The number of hydrogen-bond donors (Lipinski definition) is 0. The number of carbonyl (C=O) groups is 3. The van der Waals surface area contributed by atoms with E-state index in [9.17, 15) is 14.4 Å². The second-order valence-corrected chi connectivity index (χ2v) is 9.25. The summed E-state index contributed by atoms with van der Waals surface area (Å²) in [6.07, 6.45) is 1.41. The largest absolute Gasteiger partial charge is 0.462 e. The van der Waals surface area contributed by atoms with Crippen molar-refractivity contribution >= 4 is 50.9 Å². The molecule has 1 saturated heterocycles. The van der Waals surface area contributed by atoms with Gasteiger partial charge >= 0.3 is 5.97 Å². The minimum absolute atomic E-state index is 0.296. The summed E-state index contributed by atoms with van der Waals surface area (Å²) in [5, 5.41) is -0.468. The maximum atomic E-state index is 12.7. The molecule has 0 radical (unpaired) electrons. The summed E-state index contributed by atoms with van der Waals surface area (Å²) < 4.78 is 8.19. The van der Waals surface area contributed by atoms with Gasteiger partial charge in [0.25, 0.3) is 11.1 Å². The second-order valence-electron chi connectivity index (χ2n) is 7.40. The highest BCUT2D eigenvalue weighted by molar-refractivity contribution is 9.10. The van der Waals surface area contributed by atoms with Gasteiger partial charge in [-0.15, -0.1) is 0 Å². The van der Waals surface area contributed by atoms with E-state index in [2.05, 4.69) is 26.6 Å². The van der Waals surface area contributed by atoms with Gasteiger partial charge < -0.3 is 9.30 Å². The Labute approximate surface area is 188 Å². The van der Waals surface area contributed by atoms with Gasteiger partial charge in [0.2, 0.25) is 0 Å². The van der Waals surface area contributed by atoms with Crippen molar-refractivity contribution in [1.29, 1.82) is 0 Å². The predicted molar refractivity (Wildman–Crippen MR) is 122 cm³/mol. The Morgan fingerprint density at radius 1 is 1.20 bits per heavy atom. The standard InChI is InChI=1S/C22H23BrN2O4S/c1-12(2)29-20(26)11-24-21(27)19(30-22(24)28)10-16-9-14(4)25(15(16)5)17-6-7-18(23)13(3)8-17/h6-10,12H,11H2,1-5H3/b19-10-. The fraction of sp³-hybridized carbons (Fsp3) is 0.318. The molecule has 0 atom stereocenters. The van der Waals surface area contributed by atoms with Crippen LogP contribution in [0.4, 0.5) is 4.79 Å². The van der Waals surface area contributed by atoms with Crippen molar-refractivity contribution in [3.63, 3.8) is 0 Å². The number of amides is 2. The molecule has 8 heteroatoms. The van der Waals surface area contributed by atoms with Crippen molar-refractivity contribution in [2.45, 2.75) is 40.7 Å². The molecule has 0 aliphatic carbocycles. The van der Waals surface area contributed by atoms with Crippen LogP contribution in [0.25, 0.3) is 11.8 Å². The van der Waals surface area contributed by atoms with Gasteiger partial charge in [0, 0.05) is 21.5 Å². The van der Waals surface area contributed by atoms with Crippen molar-refractivity contribution in [1.82, 2.24) is 9.47 Å². The van der Waals surface area contributed by atoms with Gasteiger partial charge in [0.1, 0.15) is 6.54 Å². The van der Waals surface area contributed by atoms with Crippen LogP contribution in [-0.4, -0.2) is 39.2 Å². The van der Waals surface area contributed by atoms with E-state index in [1.54, 1.807) is 19.9 Å². The summed E-state index contributed by atoms with van der Waals surface area (Å²) in [6.45, 7) is 9.05. The summed E-state index contributed by atoms with van der Waals surface area (Å²) in [6, 6.07) is 8.09. The van der Waals surface area contributed by atoms with Gasteiger partial charge in [-0.3, -0.25) is 19.3 Å². The third-order valence-electron chi connectivity index (χ3n) is 4.68. The third-order valence-corrected chi connectivity index (χ3v) is 6.48. The first-order valence-corrected chi connectivity index (χ1v) is 11.1. The molecule has 0 bridgehead atoms. The zero-order valence-electron chi connectivity index (χ0n) is 17.5. The van der Waals surface area contributed by atoms with Crippen LogP contribution in [0.15, 0.2) is 33.6 Å². The van der Waals surface area contributed by atoms with Crippen LogP contribution < -0.4 is 0 Å². The Balaban J connectivity index is 1.89. The van der Waals surface area contributed by atoms with Crippen molar-refractivity contribution in [3.05, 3.63) is 56.2 Å². The first-order chi connectivity index (χ1) is 14.1. The van der Waals surface area contributed by atoms with Gasteiger partial charge in [-0.2, -0.15) is 0 Å². The predicted octanol–water partition coefficient (Wildman–Crippen LogP) is 5.15. The number of aryl methyl sites for hydroxylation is 2. The van der Waals surface area contributed by atoms with E-state index in [0.29, 0.717) is 4.91 Å². The number of aromatic nitrogens is 1. The Bertz CT molecular complexity index is 1070. The smallest absolute Gasteiger partial charge is 0.326 e. The molecule has 2 heterocycles. The number of halogens is 1. The Morgan fingerprint density at radius 3 is 2.53 bits per heavy atom.